The van der Waals surface area contributed by atoms with E-state index in [0.29, 0.717) is 5.02 Å². The van der Waals surface area contributed by atoms with Crippen LogP contribution in [0.25, 0.3) is 10.9 Å². The van der Waals surface area contributed by atoms with Crippen molar-refractivity contribution >= 4 is 28.2 Å². The van der Waals surface area contributed by atoms with Crippen LogP contribution in [0.2, 0.25) is 5.02 Å². The normalized spacial score (nSPS) is 16.6. The molecule has 1 unspecified atom stereocenters. The predicted molar refractivity (Wildman–Crippen MR) is 103 cm³/mol. The number of aryl methyl sites for hydroxylation is 1. The molecule has 0 radical (unpaired) electrons. The third kappa shape index (κ3) is 3.35. The lowest BCUT2D eigenvalue weighted by Gasteiger charge is -2.25. The number of halogens is 1. The van der Waals surface area contributed by atoms with Crippen LogP contribution in [0.4, 0.5) is 5.69 Å². The van der Waals surface area contributed by atoms with E-state index in [9.17, 15) is 5.11 Å². The zero-order valence-corrected chi connectivity index (χ0v) is 14.8. The molecule has 2 N–H and O–H groups in total. The summed E-state index contributed by atoms with van der Waals surface area (Å²) in [4.78, 5) is 4.78. The molecule has 128 valence electrons. The van der Waals surface area contributed by atoms with E-state index < -0.39 is 6.10 Å². The SMILES string of the molecule is OC1CCCc2nc3ccc(Cl)cc3c(NCCc3ccccc3)c21. The van der Waals surface area contributed by atoms with Crippen molar-refractivity contribution in [1.82, 2.24) is 4.98 Å². The van der Waals surface area contributed by atoms with Crippen molar-refractivity contribution in [3.05, 3.63) is 70.4 Å². The van der Waals surface area contributed by atoms with Gasteiger partial charge in [-0.25, -0.2) is 0 Å². The summed E-state index contributed by atoms with van der Waals surface area (Å²) in [5, 5.41) is 15.8. The lowest BCUT2D eigenvalue weighted by atomic mass is 9.90. The molecule has 1 heterocycles. The molecular formula is C21H21ClN2O. The Balaban J connectivity index is 1.72. The number of nitrogens with one attached hydrogen (secondary N) is 1. The molecule has 2 aromatic carbocycles. The molecule has 1 aliphatic carbocycles. The average molecular weight is 353 g/mol. The summed E-state index contributed by atoms with van der Waals surface area (Å²) in [6, 6.07) is 16.2. The van der Waals surface area contributed by atoms with Gasteiger partial charge in [0.05, 0.1) is 17.3 Å². The number of anilines is 1. The number of nitrogens with zero attached hydrogens (tertiary/aromatic N) is 1. The second kappa shape index (κ2) is 7.03. The molecule has 3 aromatic rings. The van der Waals surface area contributed by atoms with E-state index in [-0.39, 0.29) is 0 Å². The second-order valence-corrected chi connectivity index (χ2v) is 7.02. The summed E-state index contributed by atoms with van der Waals surface area (Å²) in [7, 11) is 0. The van der Waals surface area contributed by atoms with Gasteiger partial charge in [-0.15, -0.1) is 0 Å². The second-order valence-electron chi connectivity index (χ2n) is 6.58. The van der Waals surface area contributed by atoms with E-state index in [4.69, 9.17) is 16.6 Å². The quantitative estimate of drug-likeness (QED) is 0.701. The number of hydrogen-bond donors (Lipinski definition) is 2. The molecule has 4 heteroatoms. The molecule has 0 spiro atoms. The molecule has 0 saturated carbocycles. The van der Waals surface area contributed by atoms with Crippen LogP contribution in [0.15, 0.2) is 48.5 Å². The highest BCUT2D eigenvalue weighted by Crippen LogP contribution is 2.39. The molecule has 0 fully saturated rings. The number of hydrogen-bond acceptors (Lipinski definition) is 3. The minimum Gasteiger partial charge on any atom is -0.388 e. The van der Waals surface area contributed by atoms with E-state index in [1.54, 1.807) is 0 Å². The first-order valence-electron chi connectivity index (χ1n) is 8.80. The Morgan fingerprint density at radius 2 is 2.00 bits per heavy atom. The van der Waals surface area contributed by atoms with Gasteiger partial charge in [-0.05, 0) is 49.4 Å². The highest BCUT2D eigenvalue weighted by Gasteiger charge is 2.24. The Hall–Kier alpha value is -2.10. The first kappa shape index (κ1) is 16.4. The number of aromatic nitrogens is 1. The summed E-state index contributed by atoms with van der Waals surface area (Å²) >= 11 is 6.22. The molecule has 4 rings (SSSR count). The Morgan fingerprint density at radius 3 is 2.84 bits per heavy atom. The van der Waals surface area contributed by atoms with Crippen LogP contribution >= 0.6 is 11.6 Å². The monoisotopic (exact) mass is 352 g/mol. The average Bonchev–Trinajstić information content (AvgIpc) is 2.62. The van der Waals surface area contributed by atoms with Crippen molar-refractivity contribution in [3.63, 3.8) is 0 Å². The fraction of sp³-hybridized carbons (Fsp3) is 0.286. The topological polar surface area (TPSA) is 45.2 Å². The largest absolute Gasteiger partial charge is 0.388 e. The molecule has 25 heavy (non-hydrogen) atoms. The van der Waals surface area contributed by atoms with Crippen LogP contribution in [0, 0.1) is 0 Å². The molecular weight excluding hydrogens is 332 g/mol. The van der Waals surface area contributed by atoms with Crippen molar-refractivity contribution in [1.29, 1.82) is 0 Å². The van der Waals surface area contributed by atoms with Crippen LogP contribution in [0.5, 0.6) is 0 Å². The molecule has 3 nitrogen and oxygen atoms in total. The highest BCUT2D eigenvalue weighted by molar-refractivity contribution is 6.31. The Labute approximate surface area is 152 Å². The maximum atomic E-state index is 10.6. The molecule has 1 aliphatic rings. The molecule has 0 saturated heterocycles. The number of pyridine rings is 1. The Morgan fingerprint density at radius 1 is 1.16 bits per heavy atom. The lowest BCUT2D eigenvalue weighted by molar-refractivity contribution is 0.156. The predicted octanol–water partition coefficient (Wildman–Crippen LogP) is 4.91. The first-order valence-corrected chi connectivity index (χ1v) is 9.18. The number of rotatable bonds is 4. The van der Waals surface area contributed by atoms with Crippen molar-refractivity contribution in [2.45, 2.75) is 31.8 Å². The van der Waals surface area contributed by atoms with Crippen LogP contribution in [0.1, 0.15) is 35.8 Å². The van der Waals surface area contributed by atoms with E-state index in [2.05, 4.69) is 29.6 Å². The van der Waals surface area contributed by atoms with E-state index in [0.717, 1.165) is 60.1 Å². The number of fused-ring (bicyclic) bond motifs is 2. The maximum Gasteiger partial charge on any atom is 0.0828 e. The minimum absolute atomic E-state index is 0.459. The van der Waals surface area contributed by atoms with Gasteiger partial charge >= 0.3 is 0 Å². The maximum absolute atomic E-state index is 10.6. The van der Waals surface area contributed by atoms with Gasteiger partial charge in [-0.1, -0.05) is 41.9 Å². The standard InChI is InChI=1S/C21H21ClN2O/c22-15-9-10-17-16(13-15)21(20-18(24-17)7-4-8-19(20)25)23-12-11-14-5-2-1-3-6-14/h1-3,5-6,9-10,13,19,25H,4,7-8,11-12H2,(H,23,24). The molecule has 1 atom stereocenters. The summed E-state index contributed by atoms with van der Waals surface area (Å²) in [6.07, 6.45) is 3.14. The summed E-state index contributed by atoms with van der Waals surface area (Å²) in [6.45, 7) is 0.800. The van der Waals surface area contributed by atoms with Gasteiger partial charge in [0.15, 0.2) is 0 Å². The number of aliphatic hydroxyl groups is 1. The molecule has 0 amide bonds. The van der Waals surface area contributed by atoms with Crippen molar-refractivity contribution in [3.8, 4) is 0 Å². The van der Waals surface area contributed by atoms with Crippen molar-refractivity contribution in [2.75, 3.05) is 11.9 Å². The zero-order valence-electron chi connectivity index (χ0n) is 14.0. The van der Waals surface area contributed by atoms with Crippen LogP contribution in [0.3, 0.4) is 0 Å². The van der Waals surface area contributed by atoms with Gasteiger partial charge in [0.1, 0.15) is 0 Å². The lowest BCUT2D eigenvalue weighted by Crippen LogP contribution is -2.16. The van der Waals surface area contributed by atoms with Gasteiger partial charge in [-0.2, -0.15) is 0 Å². The van der Waals surface area contributed by atoms with Crippen molar-refractivity contribution in [2.24, 2.45) is 0 Å². The van der Waals surface area contributed by atoms with Crippen molar-refractivity contribution < 1.29 is 5.11 Å². The van der Waals surface area contributed by atoms with Crippen LogP contribution in [-0.2, 0) is 12.8 Å². The van der Waals surface area contributed by atoms with Gasteiger partial charge in [0, 0.05) is 28.2 Å². The van der Waals surface area contributed by atoms with Gasteiger partial charge in [0.25, 0.3) is 0 Å². The van der Waals surface area contributed by atoms with Crippen LogP contribution in [-0.4, -0.2) is 16.6 Å². The third-order valence-electron chi connectivity index (χ3n) is 4.85. The Bertz CT molecular complexity index is 895. The zero-order chi connectivity index (χ0) is 17.2. The van der Waals surface area contributed by atoms with Crippen LogP contribution < -0.4 is 5.32 Å². The fourth-order valence-corrected chi connectivity index (χ4v) is 3.80. The first-order chi connectivity index (χ1) is 12.2. The van der Waals surface area contributed by atoms with E-state index in [1.165, 1.54) is 5.56 Å². The van der Waals surface area contributed by atoms with E-state index in [1.807, 2.05) is 24.3 Å². The Kier molecular flexibility index (Phi) is 4.60. The van der Waals surface area contributed by atoms with Gasteiger partial charge < -0.3 is 10.4 Å². The third-order valence-corrected chi connectivity index (χ3v) is 5.08. The molecule has 0 aliphatic heterocycles. The fourth-order valence-electron chi connectivity index (χ4n) is 3.62. The number of aliphatic hydroxyl groups excluding tert-OH is 1. The summed E-state index contributed by atoms with van der Waals surface area (Å²) in [5.41, 5.74) is 5.18. The minimum atomic E-state index is -0.459. The summed E-state index contributed by atoms with van der Waals surface area (Å²) < 4.78 is 0. The van der Waals surface area contributed by atoms with E-state index >= 15 is 0 Å². The van der Waals surface area contributed by atoms with Gasteiger partial charge in [-0.3, -0.25) is 4.98 Å². The highest BCUT2D eigenvalue weighted by atomic mass is 35.5. The van der Waals surface area contributed by atoms with Gasteiger partial charge in [0.2, 0.25) is 0 Å². The molecule has 1 aromatic heterocycles. The molecule has 0 bridgehead atoms. The smallest absolute Gasteiger partial charge is 0.0828 e. The summed E-state index contributed by atoms with van der Waals surface area (Å²) in [5.74, 6) is 0. The number of benzene rings is 2.